The number of fused-ring (bicyclic) bond motifs is 6. The van der Waals surface area contributed by atoms with E-state index in [9.17, 15) is 4.79 Å². The van der Waals surface area contributed by atoms with Crippen LogP contribution in [0, 0.1) is 0 Å². The SMILES string of the molecule is CN1C2CCC1c1c(n(CCNC(=O)c3ccccc3)c3ccc(Cl)cc13)C2. The third-order valence-electron chi connectivity index (χ3n) is 6.44. The van der Waals surface area contributed by atoms with Crippen LogP contribution in [0.3, 0.4) is 0 Å². The lowest BCUT2D eigenvalue weighted by Gasteiger charge is -2.32. The minimum atomic E-state index is -0.0197. The fourth-order valence-corrected chi connectivity index (χ4v) is 5.23. The predicted molar refractivity (Wildman–Crippen MR) is 113 cm³/mol. The number of amides is 1. The van der Waals surface area contributed by atoms with Crippen LogP contribution < -0.4 is 5.32 Å². The van der Waals surface area contributed by atoms with Gasteiger partial charge < -0.3 is 9.88 Å². The molecule has 2 aromatic carbocycles. The zero-order valence-electron chi connectivity index (χ0n) is 16.0. The molecule has 0 aliphatic carbocycles. The van der Waals surface area contributed by atoms with Crippen LogP contribution in [0.4, 0.5) is 0 Å². The van der Waals surface area contributed by atoms with Gasteiger partial charge in [-0.1, -0.05) is 29.8 Å². The molecule has 2 atom stereocenters. The van der Waals surface area contributed by atoms with Gasteiger partial charge in [0, 0.05) is 58.8 Å². The number of nitrogens with one attached hydrogen (secondary N) is 1. The average molecular weight is 394 g/mol. The summed E-state index contributed by atoms with van der Waals surface area (Å²) < 4.78 is 2.41. The minimum absolute atomic E-state index is 0.0197. The Bertz CT molecular complexity index is 1040. The van der Waals surface area contributed by atoms with Gasteiger partial charge in [-0.2, -0.15) is 0 Å². The maximum absolute atomic E-state index is 12.4. The summed E-state index contributed by atoms with van der Waals surface area (Å²) in [5, 5.41) is 5.13. The van der Waals surface area contributed by atoms with Gasteiger partial charge >= 0.3 is 0 Å². The monoisotopic (exact) mass is 393 g/mol. The van der Waals surface area contributed by atoms with Gasteiger partial charge in [0.25, 0.3) is 5.91 Å². The second kappa shape index (κ2) is 6.94. The summed E-state index contributed by atoms with van der Waals surface area (Å²) in [4.78, 5) is 14.9. The highest BCUT2D eigenvalue weighted by Gasteiger charge is 2.40. The molecule has 2 aliphatic heterocycles. The Morgan fingerprint density at radius 2 is 2.00 bits per heavy atom. The predicted octanol–water partition coefficient (Wildman–Crippen LogP) is 4.42. The van der Waals surface area contributed by atoms with E-state index in [1.165, 1.54) is 35.0 Å². The lowest BCUT2D eigenvalue weighted by atomic mass is 9.97. The normalized spacial score (nSPS) is 21.1. The topological polar surface area (TPSA) is 37.3 Å². The number of likely N-dealkylation sites (N-methyl/N-ethyl adjacent to an activating group) is 1. The van der Waals surface area contributed by atoms with Gasteiger partial charge in [-0.05, 0) is 55.8 Å². The van der Waals surface area contributed by atoms with Crippen LogP contribution in [0.1, 0.15) is 40.5 Å². The Labute approximate surface area is 170 Å². The summed E-state index contributed by atoms with van der Waals surface area (Å²) in [6, 6.07) is 16.7. The number of benzene rings is 2. The van der Waals surface area contributed by atoms with Crippen molar-refractivity contribution in [2.45, 2.75) is 37.9 Å². The van der Waals surface area contributed by atoms with Crippen molar-refractivity contribution < 1.29 is 4.79 Å². The van der Waals surface area contributed by atoms with Gasteiger partial charge in [0.05, 0.1) is 0 Å². The van der Waals surface area contributed by atoms with Crippen molar-refractivity contribution in [2.24, 2.45) is 0 Å². The van der Waals surface area contributed by atoms with Crippen LogP contribution in [-0.2, 0) is 13.0 Å². The minimum Gasteiger partial charge on any atom is -0.350 e. The molecule has 5 rings (SSSR count). The van der Waals surface area contributed by atoms with Crippen molar-refractivity contribution in [3.63, 3.8) is 0 Å². The van der Waals surface area contributed by atoms with E-state index in [2.05, 4.69) is 34.0 Å². The highest BCUT2D eigenvalue weighted by atomic mass is 35.5. The van der Waals surface area contributed by atoms with E-state index < -0.39 is 0 Å². The van der Waals surface area contributed by atoms with Crippen molar-refractivity contribution in [1.82, 2.24) is 14.8 Å². The maximum atomic E-state index is 12.4. The number of hydrogen-bond acceptors (Lipinski definition) is 2. The summed E-state index contributed by atoms with van der Waals surface area (Å²) >= 11 is 6.34. The first-order valence-corrected chi connectivity index (χ1v) is 10.4. The van der Waals surface area contributed by atoms with Crippen molar-refractivity contribution >= 4 is 28.4 Å². The fourth-order valence-electron chi connectivity index (χ4n) is 5.06. The Kier molecular flexibility index (Phi) is 4.41. The van der Waals surface area contributed by atoms with Crippen LogP contribution in [0.15, 0.2) is 48.5 Å². The number of halogens is 1. The molecule has 1 fully saturated rings. The van der Waals surface area contributed by atoms with Gasteiger partial charge in [-0.25, -0.2) is 0 Å². The molecule has 5 heteroatoms. The zero-order chi connectivity index (χ0) is 19.3. The number of nitrogens with zero attached hydrogens (tertiary/aromatic N) is 2. The summed E-state index contributed by atoms with van der Waals surface area (Å²) in [5.74, 6) is -0.0197. The van der Waals surface area contributed by atoms with E-state index in [0.717, 1.165) is 18.0 Å². The number of hydrogen-bond donors (Lipinski definition) is 1. The van der Waals surface area contributed by atoms with Crippen LogP contribution in [0.2, 0.25) is 5.02 Å². The molecule has 1 amide bonds. The van der Waals surface area contributed by atoms with E-state index in [4.69, 9.17) is 11.6 Å². The molecule has 2 unspecified atom stereocenters. The van der Waals surface area contributed by atoms with E-state index in [0.29, 0.717) is 24.2 Å². The molecule has 3 heterocycles. The smallest absolute Gasteiger partial charge is 0.251 e. The molecular formula is C23H24ClN3O. The van der Waals surface area contributed by atoms with E-state index in [-0.39, 0.29) is 5.91 Å². The van der Waals surface area contributed by atoms with E-state index >= 15 is 0 Å². The van der Waals surface area contributed by atoms with Crippen molar-refractivity contribution in [2.75, 3.05) is 13.6 Å². The third-order valence-corrected chi connectivity index (χ3v) is 6.67. The Hall–Kier alpha value is -2.30. The standard InChI is InChI=1S/C23H24ClN3O/c1-26-17-8-10-20(26)22-18-13-16(24)7-9-19(18)27(21(22)14-17)12-11-25-23(28)15-5-3-2-4-6-15/h2-7,9,13,17,20H,8,10-12,14H2,1H3,(H,25,28). The maximum Gasteiger partial charge on any atom is 0.251 e. The molecule has 1 N–H and O–H groups in total. The third kappa shape index (κ3) is 2.83. The van der Waals surface area contributed by atoms with Crippen LogP contribution >= 0.6 is 11.6 Å². The van der Waals surface area contributed by atoms with Gasteiger partial charge in [0.15, 0.2) is 0 Å². The lowest BCUT2D eigenvalue weighted by Crippen LogP contribution is -2.35. The number of carbonyl (C=O) groups is 1. The first-order valence-electron chi connectivity index (χ1n) is 9.99. The summed E-state index contributed by atoms with van der Waals surface area (Å²) in [6.45, 7) is 1.38. The van der Waals surface area contributed by atoms with Gasteiger partial charge in [0.1, 0.15) is 0 Å². The number of aromatic nitrogens is 1. The van der Waals surface area contributed by atoms with E-state index in [1.807, 2.05) is 36.4 Å². The van der Waals surface area contributed by atoms with Crippen LogP contribution in [0.5, 0.6) is 0 Å². The second-order valence-electron chi connectivity index (χ2n) is 7.91. The molecule has 28 heavy (non-hydrogen) atoms. The zero-order valence-corrected chi connectivity index (χ0v) is 16.7. The highest BCUT2D eigenvalue weighted by Crippen LogP contribution is 2.47. The molecule has 4 nitrogen and oxygen atoms in total. The summed E-state index contributed by atoms with van der Waals surface area (Å²) in [6.07, 6.45) is 3.54. The molecule has 3 aromatic rings. The molecule has 1 saturated heterocycles. The van der Waals surface area contributed by atoms with Gasteiger partial charge in [-0.15, -0.1) is 0 Å². The molecule has 0 saturated carbocycles. The van der Waals surface area contributed by atoms with Crippen molar-refractivity contribution in [1.29, 1.82) is 0 Å². The summed E-state index contributed by atoms with van der Waals surface area (Å²) in [5.41, 5.74) is 4.80. The number of rotatable bonds is 4. The van der Waals surface area contributed by atoms with E-state index in [1.54, 1.807) is 0 Å². The molecule has 0 spiro atoms. The van der Waals surface area contributed by atoms with Crippen molar-refractivity contribution in [3.05, 3.63) is 70.4 Å². The molecular weight excluding hydrogens is 370 g/mol. The lowest BCUT2D eigenvalue weighted by molar-refractivity contribution is 0.0952. The molecule has 144 valence electrons. The summed E-state index contributed by atoms with van der Waals surface area (Å²) in [7, 11) is 2.25. The second-order valence-corrected chi connectivity index (χ2v) is 8.35. The average Bonchev–Trinajstić information content (AvgIpc) is 3.12. The van der Waals surface area contributed by atoms with Gasteiger partial charge in [-0.3, -0.25) is 9.69 Å². The Balaban J connectivity index is 1.45. The molecule has 2 aliphatic rings. The van der Waals surface area contributed by atoms with Crippen LogP contribution in [0.25, 0.3) is 10.9 Å². The first kappa shape index (κ1) is 17.8. The first-order chi connectivity index (χ1) is 13.6. The molecule has 2 bridgehead atoms. The number of carbonyl (C=O) groups excluding carboxylic acids is 1. The van der Waals surface area contributed by atoms with Crippen molar-refractivity contribution in [3.8, 4) is 0 Å². The quantitative estimate of drug-likeness (QED) is 0.712. The van der Waals surface area contributed by atoms with Crippen LogP contribution in [-0.4, -0.2) is 35.0 Å². The molecule has 0 radical (unpaired) electrons. The fraction of sp³-hybridized carbons (Fsp3) is 0.348. The largest absolute Gasteiger partial charge is 0.350 e. The Morgan fingerprint density at radius 3 is 2.82 bits per heavy atom. The highest BCUT2D eigenvalue weighted by molar-refractivity contribution is 6.31. The Morgan fingerprint density at radius 1 is 1.18 bits per heavy atom. The molecule has 1 aromatic heterocycles. The van der Waals surface area contributed by atoms with Gasteiger partial charge in [0.2, 0.25) is 0 Å².